The van der Waals surface area contributed by atoms with Crippen LogP contribution in [0, 0.1) is 29.1 Å². The molecule has 1 saturated heterocycles. The molecule has 42 heavy (non-hydrogen) atoms. The van der Waals surface area contributed by atoms with E-state index in [1.165, 1.54) is 12.5 Å². The zero-order chi connectivity index (χ0) is 30.6. The van der Waals surface area contributed by atoms with Crippen molar-refractivity contribution in [1.29, 1.82) is 0 Å². The molecule has 2 amide bonds. The Morgan fingerprint density at radius 1 is 1.07 bits per heavy atom. The molecule has 2 bridgehead atoms. The summed E-state index contributed by atoms with van der Waals surface area (Å²) in [4.78, 5) is 32.3. The van der Waals surface area contributed by atoms with Crippen LogP contribution in [0.1, 0.15) is 90.9 Å². The lowest BCUT2D eigenvalue weighted by atomic mass is 9.43. The van der Waals surface area contributed by atoms with Crippen molar-refractivity contribution in [3.63, 3.8) is 0 Å². The number of nitrogens with one attached hydrogen (secondary N) is 2. The minimum Gasteiger partial charge on any atom is -0.404 e. The molecule has 2 aliphatic heterocycles. The number of oxime groups is 1. The number of carbonyl (C=O) groups excluding carboxylic acids is 2. The van der Waals surface area contributed by atoms with Crippen molar-refractivity contribution in [2.75, 3.05) is 0 Å². The lowest BCUT2D eigenvalue weighted by Crippen LogP contribution is -2.65. The number of carbonyl (C=O) groups is 2. The van der Waals surface area contributed by atoms with Gasteiger partial charge in [0.05, 0.1) is 40.0 Å². The first-order valence-electron chi connectivity index (χ1n) is 15.3. The van der Waals surface area contributed by atoms with Gasteiger partial charge in [-0.15, -0.1) is 0 Å². The molecule has 2 heterocycles. The monoisotopic (exact) mass is 619 g/mol. The first-order valence-corrected chi connectivity index (χ1v) is 16.1. The molecule has 8 nitrogen and oxygen atoms in total. The Labute approximate surface area is 260 Å². The number of nitrogens with zero attached hydrogens (tertiary/aromatic N) is 1. The Balaban J connectivity index is 1.24. The van der Waals surface area contributed by atoms with Crippen LogP contribution in [0.2, 0.25) is 10.0 Å². The predicted molar refractivity (Wildman–Crippen MR) is 166 cm³/mol. The summed E-state index contributed by atoms with van der Waals surface area (Å²) in [5.41, 5.74) is 0.794. The quantitative estimate of drug-likeness (QED) is 0.309. The van der Waals surface area contributed by atoms with Crippen LogP contribution in [-0.4, -0.2) is 54.4 Å². The first-order chi connectivity index (χ1) is 19.7. The normalized spacial score (nSPS) is 30.7. The van der Waals surface area contributed by atoms with E-state index in [9.17, 15) is 9.59 Å². The van der Waals surface area contributed by atoms with E-state index in [2.05, 4.69) is 64.3 Å². The predicted octanol–water partition coefficient (Wildman–Crippen LogP) is 6.08. The highest BCUT2D eigenvalue weighted by molar-refractivity contribution is 6.48. The van der Waals surface area contributed by atoms with Gasteiger partial charge in [-0.05, 0) is 79.9 Å². The Morgan fingerprint density at radius 3 is 2.45 bits per heavy atom. The summed E-state index contributed by atoms with van der Waals surface area (Å²) in [6, 6.07) is 4.35. The second kappa shape index (κ2) is 11.9. The van der Waals surface area contributed by atoms with Gasteiger partial charge < -0.3 is 24.8 Å². The lowest BCUT2D eigenvalue weighted by molar-refractivity contribution is -0.199. The highest BCUT2D eigenvalue weighted by atomic mass is 35.5. The number of hydrogen-bond acceptors (Lipinski definition) is 6. The third-order valence-electron chi connectivity index (χ3n) is 9.92. The lowest BCUT2D eigenvalue weighted by Gasteiger charge is -2.64. The van der Waals surface area contributed by atoms with Gasteiger partial charge in [0.15, 0.2) is 0 Å². The molecule has 3 saturated carbocycles. The van der Waals surface area contributed by atoms with Crippen LogP contribution in [0.25, 0.3) is 0 Å². The van der Waals surface area contributed by atoms with Gasteiger partial charge in [0.2, 0.25) is 6.10 Å². The van der Waals surface area contributed by atoms with Crippen molar-refractivity contribution < 1.29 is 23.7 Å². The molecule has 2 N–H and O–H groups in total. The minimum absolute atomic E-state index is 0.0388. The van der Waals surface area contributed by atoms with E-state index in [0.29, 0.717) is 46.4 Å². The smallest absolute Gasteiger partial charge is 0.404 e. The van der Waals surface area contributed by atoms with Crippen LogP contribution in [0.15, 0.2) is 23.4 Å². The average molecular weight is 620 g/mol. The van der Waals surface area contributed by atoms with Gasteiger partial charge in [0, 0.05) is 11.4 Å². The van der Waals surface area contributed by atoms with Crippen LogP contribution in [-0.2, 0) is 18.9 Å². The maximum absolute atomic E-state index is 13.5. The highest BCUT2D eigenvalue weighted by Gasteiger charge is 2.68. The fourth-order valence-corrected chi connectivity index (χ4v) is 7.87. The Hall–Kier alpha value is -1.81. The largest absolute Gasteiger partial charge is 0.481 e. The summed E-state index contributed by atoms with van der Waals surface area (Å²) in [6.07, 6.45) is 3.00. The topological polar surface area (TPSA) is 98.3 Å². The average Bonchev–Trinajstić information content (AvgIpc) is 3.53. The second-order valence-corrected chi connectivity index (χ2v) is 15.1. The van der Waals surface area contributed by atoms with Crippen LogP contribution in [0.4, 0.5) is 0 Å². The fraction of sp³-hybridized carbons (Fsp3) is 0.710. The molecular formula is C31H44BCl2N3O5. The molecule has 1 aromatic carbocycles. The van der Waals surface area contributed by atoms with Crippen LogP contribution in [0.5, 0.6) is 0 Å². The third-order valence-corrected chi connectivity index (χ3v) is 10.5. The Kier molecular flexibility index (Phi) is 8.99. The molecule has 0 spiro atoms. The standard InChI is InChI=1S/C31H44BCl2N3O5/c1-16(2)10-22(35-28(38)20-14-19(33)8-9-21(20)34)23-15-24(41-37-23)29(39)36-27(11-17(3)4)32-40-26-13-18-12-25(30(18,5)6)31(26,7)42-32/h8-9,14,16-18,22,24-27H,10-13,15H2,1-7H3,(H,35,38)(H,36,39)/t18-,22-,24?,25-,26+,27-,31-/m0/s1. The molecule has 1 unspecified atom stereocenters. The zero-order valence-corrected chi connectivity index (χ0v) is 27.2. The van der Waals surface area contributed by atoms with E-state index in [0.717, 1.165) is 6.42 Å². The van der Waals surface area contributed by atoms with Crippen LogP contribution in [0.3, 0.4) is 0 Å². The van der Waals surface area contributed by atoms with Crippen molar-refractivity contribution in [2.24, 2.45) is 34.2 Å². The van der Waals surface area contributed by atoms with Crippen molar-refractivity contribution >= 4 is 47.8 Å². The molecule has 0 aromatic heterocycles. The first kappa shape index (κ1) is 31.6. The van der Waals surface area contributed by atoms with Crippen molar-refractivity contribution in [3.8, 4) is 0 Å². The van der Waals surface area contributed by atoms with Crippen molar-refractivity contribution in [2.45, 2.75) is 110 Å². The van der Waals surface area contributed by atoms with Gasteiger partial charge in [-0.1, -0.05) is 69.9 Å². The van der Waals surface area contributed by atoms with E-state index >= 15 is 0 Å². The summed E-state index contributed by atoms with van der Waals surface area (Å²) in [6.45, 7) is 15.2. The van der Waals surface area contributed by atoms with E-state index in [4.69, 9.17) is 37.3 Å². The van der Waals surface area contributed by atoms with Gasteiger partial charge in [-0.3, -0.25) is 9.59 Å². The van der Waals surface area contributed by atoms with Crippen molar-refractivity contribution in [1.82, 2.24) is 10.6 Å². The van der Waals surface area contributed by atoms with Gasteiger partial charge in [0.25, 0.3) is 11.8 Å². The Bertz CT molecular complexity index is 1240. The number of hydrogen-bond donors (Lipinski definition) is 2. The summed E-state index contributed by atoms with van der Waals surface area (Å²) < 4.78 is 13.2. The molecular weight excluding hydrogens is 576 g/mol. The van der Waals surface area contributed by atoms with Gasteiger partial charge in [-0.25, -0.2) is 0 Å². The van der Waals surface area contributed by atoms with E-state index in [-0.39, 0.29) is 52.8 Å². The number of rotatable bonds is 10. The summed E-state index contributed by atoms with van der Waals surface area (Å²) in [5, 5.41) is 11.2. The molecule has 4 fully saturated rings. The van der Waals surface area contributed by atoms with Gasteiger partial charge >= 0.3 is 7.12 Å². The maximum Gasteiger partial charge on any atom is 0.481 e. The fourth-order valence-electron chi connectivity index (χ4n) is 7.49. The van der Waals surface area contributed by atoms with Crippen LogP contribution < -0.4 is 10.6 Å². The van der Waals surface area contributed by atoms with E-state index in [1.807, 2.05) is 0 Å². The molecule has 3 aliphatic carbocycles. The summed E-state index contributed by atoms with van der Waals surface area (Å²) in [5.74, 6) is 0.744. The molecule has 230 valence electrons. The van der Waals surface area contributed by atoms with Gasteiger partial charge in [0.1, 0.15) is 0 Å². The maximum atomic E-state index is 13.5. The van der Waals surface area contributed by atoms with Crippen LogP contribution >= 0.6 is 23.2 Å². The highest BCUT2D eigenvalue weighted by Crippen LogP contribution is 2.65. The number of benzene rings is 1. The third kappa shape index (κ3) is 6.08. The van der Waals surface area contributed by atoms with E-state index in [1.54, 1.807) is 12.1 Å². The number of halogens is 2. The Morgan fingerprint density at radius 2 is 1.79 bits per heavy atom. The van der Waals surface area contributed by atoms with Crippen molar-refractivity contribution in [3.05, 3.63) is 33.8 Å². The SMILES string of the molecule is CC(C)C[C@H](NC(=O)C1CC([C@H](CC(C)C)NC(=O)c2cc(Cl)ccc2Cl)=NO1)B1O[C@@H]2C[C@@H]3C[C@@H](C3(C)C)[C@]2(C)O1. The minimum atomic E-state index is -0.804. The molecule has 11 heteroatoms. The zero-order valence-electron chi connectivity index (χ0n) is 25.7. The second-order valence-electron chi connectivity index (χ2n) is 14.2. The molecule has 5 aliphatic rings. The van der Waals surface area contributed by atoms with E-state index < -0.39 is 19.3 Å². The number of amides is 2. The molecule has 1 aromatic rings. The summed E-state index contributed by atoms with van der Waals surface area (Å²) >= 11 is 12.4. The molecule has 6 rings (SSSR count). The molecule has 0 radical (unpaired) electrons. The molecule has 7 atom stereocenters. The van der Waals surface area contributed by atoms with Gasteiger partial charge in [-0.2, -0.15) is 0 Å². The summed E-state index contributed by atoms with van der Waals surface area (Å²) in [7, 11) is -0.515.